The number of sulfonamides is 1. The number of rotatable bonds is 7. The van der Waals surface area contributed by atoms with Crippen LogP contribution >= 0.6 is 0 Å². The topological polar surface area (TPSA) is 88.9 Å². The lowest BCUT2D eigenvalue weighted by Crippen LogP contribution is -2.29. The number of hydrogen-bond acceptors (Lipinski definition) is 5. The van der Waals surface area contributed by atoms with E-state index in [1.165, 1.54) is 6.33 Å². The zero-order chi connectivity index (χ0) is 18.6. The van der Waals surface area contributed by atoms with E-state index in [2.05, 4.69) is 20.0 Å². The summed E-state index contributed by atoms with van der Waals surface area (Å²) in [6, 6.07) is 7.72. The number of benzene rings is 1. The van der Waals surface area contributed by atoms with Crippen LogP contribution in [-0.2, 0) is 10.0 Å². The lowest BCUT2D eigenvalue weighted by atomic mass is 10.3. The molecule has 10 heteroatoms. The van der Waals surface area contributed by atoms with E-state index in [4.69, 9.17) is 0 Å². The average molecular weight is 379 g/mol. The van der Waals surface area contributed by atoms with Crippen LogP contribution < -0.4 is 10.0 Å². The number of nitrogens with zero attached hydrogens (tertiary/aromatic N) is 3. The molecule has 0 saturated carbocycles. The van der Waals surface area contributed by atoms with Crippen molar-refractivity contribution in [3.8, 4) is 5.82 Å². The Morgan fingerprint density at radius 1 is 1.04 bits per heavy atom. The number of hydrogen-bond donors (Lipinski definition) is 2. The molecule has 0 radical (unpaired) electrons. The summed E-state index contributed by atoms with van der Waals surface area (Å²) < 4.78 is 54.6. The summed E-state index contributed by atoms with van der Waals surface area (Å²) in [7, 11) is -4.07. The zero-order valence-corrected chi connectivity index (χ0v) is 14.2. The molecule has 0 aliphatic carbocycles. The molecule has 0 amide bonds. The molecule has 0 saturated heterocycles. The fourth-order valence-corrected chi connectivity index (χ4v) is 3.31. The van der Waals surface area contributed by atoms with Crippen molar-refractivity contribution in [2.75, 3.05) is 18.4 Å². The third-order valence-corrected chi connectivity index (χ3v) is 4.92. The Hall–Kier alpha value is -2.85. The molecule has 0 aliphatic rings. The molecule has 136 valence electrons. The Morgan fingerprint density at radius 3 is 2.54 bits per heavy atom. The minimum Gasteiger partial charge on any atom is -0.369 e. The molecule has 0 bridgehead atoms. The summed E-state index contributed by atoms with van der Waals surface area (Å²) in [5, 5.41) is 2.95. The van der Waals surface area contributed by atoms with Crippen LogP contribution in [0.1, 0.15) is 0 Å². The second-order valence-electron chi connectivity index (χ2n) is 5.25. The predicted molar refractivity (Wildman–Crippen MR) is 91.4 cm³/mol. The van der Waals surface area contributed by atoms with Crippen molar-refractivity contribution in [1.29, 1.82) is 0 Å². The Bertz CT molecular complexity index is 994. The maximum atomic E-state index is 13.6. The third-order valence-electron chi connectivity index (χ3n) is 3.43. The van der Waals surface area contributed by atoms with Crippen molar-refractivity contribution in [2.45, 2.75) is 4.90 Å². The normalized spacial score (nSPS) is 11.5. The van der Waals surface area contributed by atoms with Crippen LogP contribution in [0.2, 0.25) is 0 Å². The van der Waals surface area contributed by atoms with Gasteiger partial charge in [-0.2, -0.15) is 0 Å². The smallest absolute Gasteiger partial charge is 0.243 e. The molecule has 3 rings (SSSR count). The predicted octanol–water partition coefficient (Wildman–Crippen LogP) is 1.94. The van der Waals surface area contributed by atoms with E-state index in [1.807, 2.05) is 24.5 Å². The van der Waals surface area contributed by atoms with Gasteiger partial charge in [-0.15, -0.1) is 0 Å². The van der Waals surface area contributed by atoms with Gasteiger partial charge >= 0.3 is 0 Å². The Balaban J connectivity index is 1.58. The van der Waals surface area contributed by atoms with Gasteiger partial charge < -0.3 is 9.88 Å². The molecule has 2 aromatic heterocycles. The van der Waals surface area contributed by atoms with Gasteiger partial charge in [-0.05, 0) is 24.3 Å². The summed E-state index contributed by atoms with van der Waals surface area (Å²) in [4.78, 5) is 7.58. The van der Waals surface area contributed by atoms with Gasteiger partial charge in [-0.3, -0.25) is 0 Å². The molecule has 0 unspecified atom stereocenters. The van der Waals surface area contributed by atoms with E-state index in [-0.39, 0.29) is 13.1 Å². The van der Waals surface area contributed by atoms with E-state index >= 15 is 0 Å². The molecular formula is C16H15F2N5O2S. The Kier molecular flexibility index (Phi) is 5.24. The second kappa shape index (κ2) is 7.58. The number of aromatic nitrogens is 3. The quantitative estimate of drug-likeness (QED) is 0.613. The second-order valence-corrected chi connectivity index (χ2v) is 6.99. The highest BCUT2D eigenvalue weighted by Crippen LogP contribution is 2.15. The van der Waals surface area contributed by atoms with Gasteiger partial charge in [-0.25, -0.2) is 31.9 Å². The standard InChI is InChI=1S/C16H15F2N5O2S/c17-12-3-4-14(13(18)9-12)26(24,25)22-6-5-19-15-10-16(21-11-20-15)23-7-1-2-8-23/h1-4,7-11,22H,5-6H2,(H,19,20,21). The van der Waals surface area contributed by atoms with Crippen LogP contribution in [0.3, 0.4) is 0 Å². The van der Waals surface area contributed by atoms with E-state index in [9.17, 15) is 17.2 Å². The van der Waals surface area contributed by atoms with Crippen LogP contribution in [0, 0.1) is 11.6 Å². The van der Waals surface area contributed by atoms with Crippen LogP contribution in [0.5, 0.6) is 0 Å². The summed E-state index contributed by atoms with van der Waals surface area (Å²) in [6.07, 6.45) is 5.05. The van der Waals surface area contributed by atoms with Gasteiger partial charge in [-0.1, -0.05) is 0 Å². The van der Waals surface area contributed by atoms with Gasteiger partial charge in [0.05, 0.1) is 0 Å². The lowest BCUT2D eigenvalue weighted by Gasteiger charge is -2.10. The Labute approximate surface area is 148 Å². The van der Waals surface area contributed by atoms with Gasteiger partial charge in [0.1, 0.15) is 34.5 Å². The molecule has 1 aromatic carbocycles. The minimum absolute atomic E-state index is 0.0119. The van der Waals surface area contributed by atoms with E-state index < -0.39 is 26.6 Å². The van der Waals surface area contributed by atoms with E-state index in [0.29, 0.717) is 17.7 Å². The largest absolute Gasteiger partial charge is 0.369 e. The highest BCUT2D eigenvalue weighted by atomic mass is 32.2. The molecule has 2 N–H and O–H groups in total. The van der Waals surface area contributed by atoms with Crippen molar-refractivity contribution < 1.29 is 17.2 Å². The van der Waals surface area contributed by atoms with Gasteiger partial charge in [0.15, 0.2) is 0 Å². The molecular weight excluding hydrogens is 364 g/mol. The first-order chi connectivity index (χ1) is 12.5. The number of halogens is 2. The summed E-state index contributed by atoms with van der Waals surface area (Å²) in [5.74, 6) is -0.819. The molecule has 0 spiro atoms. The van der Waals surface area contributed by atoms with Crippen LogP contribution in [0.4, 0.5) is 14.6 Å². The van der Waals surface area contributed by atoms with Crippen molar-refractivity contribution in [3.05, 3.63) is 66.8 Å². The molecule has 3 aromatic rings. The first kappa shape index (κ1) is 18.0. The summed E-state index contributed by atoms with van der Waals surface area (Å²) in [5.41, 5.74) is 0. The Morgan fingerprint density at radius 2 is 1.81 bits per heavy atom. The van der Waals surface area contributed by atoms with Crippen LogP contribution in [-0.4, -0.2) is 36.0 Å². The van der Waals surface area contributed by atoms with Crippen molar-refractivity contribution in [1.82, 2.24) is 19.3 Å². The van der Waals surface area contributed by atoms with Gasteiger partial charge in [0.2, 0.25) is 10.0 Å². The van der Waals surface area contributed by atoms with E-state index in [1.54, 1.807) is 10.6 Å². The highest BCUT2D eigenvalue weighted by Gasteiger charge is 2.18. The van der Waals surface area contributed by atoms with E-state index in [0.717, 1.165) is 12.1 Å². The molecule has 0 aliphatic heterocycles. The van der Waals surface area contributed by atoms with Crippen molar-refractivity contribution >= 4 is 15.8 Å². The third kappa shape index (κ3) is 4.21. The molecule has 7 nitrogen and oxygen atoms in total. The highest BCUT2D eigenvalue weighted by molar-refractivity contribution is 7.89. The maximum absolute atomic E-state index is 13.6. The SMILES string of the molecule is O=S(=O)(NCCNc1cc(-n2cccc2)ncn1)c1ccc(F)cc1F. The summed E-state index contributed by atoms with van der Waals surface area (Å²) >= 11 is 0. The van der Waals surface area contributed by atoms with Crippen LogP contribution in [0.15, 0.2) is 60.0 Å². The van der Waals surface area contributed by atoms with Crippen LogP contribution in [0.25, 0.3) is 5.82 Å². The molecule has 2 heterocycles. The average Bonchev–Trinajstić information content (AvgIpc) is 3.13. The number of anilines is 1. The lowest BCUT2D eigenvalue weighted by molar-refractivity contribution is 0.543. The molecule has 0 atom stereocenters. The van der Waals surface area contributed by atoms with Gasteiger partial charge in [0, 0.05) is 37.6 Å². The summed E-state index contributed by atoms with van der Waals surface area (Å²) in [6.45, 7) is 0.201. The first-order valence-electron chi connectivity index (χ1n) is 7.60. The zero-order valence-electron chi connectivity index (χ0n) is 13.4. The fourth-order valence-electron chi connectivity index (χ4n) is 2.22. The first-order valence-corrected chi connectivity index (χ1v) is 9.08. The fraction of sp³-hybridized carbons (Fsp3) is 0.125. The monoisotopic (exact) mass is 379 g/mol. The van der Waals surface area contributed by atoms with Crippen molar-refractivity contribution in [3.63, 3.8) is 0 Å². The molecule has 0 fully saturated rings. The molecule has 26 heavy (non-hydrogen) atoms. The van der Waals surface area contributed by atoms with Gasteiger partial charge in [0.25, 0.3) is 0 Å². The minimum atomic E-state index is -4.07. The maximum Gasteiger partial charge on any atom is 0.243 e. The number of nitrogens with one attached hydrogen (secondary N) is 2. The van der Waals surface area contributed by atoms with Crippen molar-refractivity contribution in [2.24, 2.45) is 0 Å².